The third-order valence-electron chi connectivity index (χ3n) is 4.54. The van der Waals surface area contributed by atoms with Gasteiger partial charge in [-0.15, -0.1) is 0 Å². The van der Waals surface area contributed by atoms with Gasteiger partial charge < -0.3 is 10.2 Å². The first-order valence-corrected chi connectivity index (χ1v) is 9.66. The van der Waals surface area contributed by atoms with Gasteiger partial charge in [-0.2, -0.15) is 0 Å². The topological polar surface area (TPSA) is 83.6 Å². The molecule has 1 heterocycles. The Kier molecular flexibility index (Phi) is 4.60. The molecule has 0 bridgehead atoms. The summed E-state index contributed by atoms with van der Waals surface area (Å²) in [6.07, 6.45) is 5.36. The predicted molar refractivity (Wildman–Crippen MR) is 79.5 cm³/mol. The van der Waals surface area contributed by atoms with Crippen molar-refractivity contribution in [3.05, 3.63) is 0 Å². The summed E-state index contributed by atoms with van der Waals surface area (Å²) in [5.74, 6) is -0.0797. The monoisotopic (exact) mass is 316 g/mol. The molecule has 2 amide bonds. The molecule has 1 unspecified atom stereocenters. The van der Waals surface area contributed by atoms with Crippen LogP contribution in [-0.2, 0) is 19.4 Å². The molecule has 21 heavy (non-hydrogen) atoms. The van der Waals surface area contributed by atoms with Crippen molar-refractivity contribution in [3.8, 4) is 0 Å². The lowest BCUT2D eigenvalue weighted by atomic mass is 9.88. The Balaban J connectivity index is 2.18. The van der Waals surface area contributed by atoms with Crippen LogP contribution in [0.3, 0.4) is 0 Å². The number of sulfone groups is 1. The summed E-state index contributed by atoms with van der Waals surface area (Å²) in [6, 6.07) is -0.470. The molecule has 0 aromatic carbocycles. The highest BCUT2D eigenvalue weighted by molar-refractivity contribution is 7.90. The zero-order chi connectivity index (χ0) is 15.7. The average molecular weight is 316 g/mol. The fraction of sp³-hybridized carbons (Fsp3) is 0.857. The first kappa shape index (κ1) is 16.3. The van der Waals surface area contributed by atoms with Crippen LogP contribution in [0.25, 0.3) is 0 Å². The summed E-state index contributed by atoms with van der Waals surface area (Å²) in [4.78, 5) is 26.7. The highest BCUT2D eigenvalue weighted by atomic mass is 32.2. The number of carbonyl (C=O) groups excluding carboxylic acids is 2. The molecular formula is C14H24N2O4S. The molecule has 7 heteroatoms. The molecule has 0 aromatic rings. The van der Waals surface area contributed by atoms with Crippen molar-refractivity contribution >= 4 is 21.7 Å². The van der Waals surface area contributed by atoms with Gasteiger partial charge in [0.1, 0.15) is 21.4 Å². The maximum absolute atomic E-state index is 12.6. The molecule has 2 fully saturated rings. The molecule has 1 N–H and O–H groups in total. The van der Waals surface area contributed by atoms with Crippen LogP contribution in [0, 0.1) is 0 Å². The Hall–Kier alpha value is -1.11. The SMILES string of the molecule is CCC1NC(=O)C2(CCCC2)N(CCCS(C)(=O)=O)C1=O. The Bertz CT molecular complexity index is 523. The van der Waals surface area contributed by atoms with Gasteiger partial charge >= 0.3 is 0 Å². The molecule has 1 saturated heterocycles. The van der Waals surface area contributed by atoms with Crippen LogP contribution in [0.4, 0.5) is 0 Å². The van der Waals surface area contributed by atoms with Gasteiger partial charge in [0, 0.05) is 12.8 Å². The molecule has 1 spiro atoms. The minimum atomic E-state index is -3.05. The third kappa shape index (κ3) is 3.22. The van der Waals surface area contributed by atoms with Crippen LogP contribution in [-0.4, -0.2) is 55.3 Å². The Morgan fingerprint density at radius 1 is 1.29 bits per heavy atom. The van der Waals surface area contributed by atoms with E-state index in [1.54, 1.807) is 4.90 Å². The fourth-order valence-corrected chi connectivity index (χ4v) is 4.07. The maximum Gasteiger partial charge on any atom is 0.246 e. The van der Waals surface area contributed by atoms with Crippen LogP contribution in [0.5, 0.6) is 0 Å². The lowest BCUT2D eigenvalue weighted by Gasteiger charge is -2.46. The molecule has 0 aromatic heterocycles. The largest absolute Gasteiger partial charge is 0.342 e. The Morgan fingerprint density at radius 3 is 2.43 bits per heavy atom. The summed E-state index contributed by atoms with van der Waals surface area (Å²) in [5.41, 5.74) is -0.736. The van der Waals surface area contributed by atoms with Crippen molar-refractivity contribution in [1.29, 1.82) is 0 Å². The molecule has 1 aliphatic heterocycles. The number of piperazine rings is 1. The van der Waals surface area contributed by atoms with Gasteiger partial charge in [0.15, 0.2) is 0 Å². The van der Waals surface area contributed by atoms with Crippen molar-refractivity contribution < 1.29 is 18.0 Å². The Labute approximate surface area is 126 Å². The normalized spacial score (nSPS) is 25.4. The number of nitrogens with one attached hydrogen (secondary N) is 1. The van der Waals surface area contributed by atoms with Gasteiger partial charge in [-0.3, -0.25) is 9.59 Å². The number of carbonyl (C=O) groups is 2. The maximum atomic E-state index is 12.6. The van der Waals surface area contributed by atoms with E-state index in [9.17, 15) is 18.0 Å². The van der Waals surface area contributed by atoms with E-state index in [0.717, 1.165) is 12.8 Å². The van der Waals surface area contributed by atoms with Gasteiger partial charge in [0.25, 0.3) is 0 Å². The zero-order valence-corrected chi connectivity index (χ0v) is 13.5. The quantitative estimate of drug-likeness (QED) is 0.799. The first-order chi connectivity index (χ1) is 9.80. The van der Waals surface area contributed by atoms with E-state index in [1.165, 1.54) is 6.26 Å². The van der Waals surface area contributed by atoms with Crippen LogP contribution < -0.4 is 5.32 Å². The van der Waals surface area contributed by atoms with E-state index < -0.39 is 21.4 Å². The second-order valence-electron chi connectivity index (χ2n) is 6.15. The van der Waals surface area contributed by atoms with E-state index in [4.69, 9.17) is 0 Å². The second-order valence-corrected chi connectivity index (χ2v) is 8.41. The van der Waals surface area contributed by atoms with Gasteiger partial charge in [0.05, 0.1) is 5.75 Å². The average Bonchev–Trinajstić information content (AvgIpc) is 2.87. The van der Waals surface area contributed by atoms with E-state index in [-0.39, 0.29) is 17.6 Å². The molecular weight excluding hydrogens is 292 g/mol. The van der Waals surface area contributed by atoms with E-state index in [1.807, 2.05) is 6.92 Å². The number of rotatable bonds is 5. The van der Waals surface area contributed by atoms with E-state index in [2.05, 4.69) is 5.32 Å². The number of nitrogens with zero attached hydrogens (tertiary/aromatic N) is 1. The van der Waals surface area contributed by atoms with Crippen LogP contribution in [0.15, 0.2) is 0 Å². The molecule has 2 aliphatic rings. The minimum absolute atomic E-state index is 0.0469. The zero-order valence-electron chi connectivity index (χ0n) is 12.7. The molecule has 6 nitrogen and oxygen atoms in total. The van der Waals surface area contributed by atoms with Crippen molar-refractivity contribution in [2.24, 2.45) is 0 Å². The molecule has 1 atom stereocenters. The summed E-state index contributed by atoms with van der Waals surface area (Å²) < 4.78 is 22.5. The predicted octanol–water partition coefficient (Wildman–Crippen LogP) is 0.471. The van der Waals surface area contributed by atoms with E-state index in [0.29, 0.717) is 32.2 Å². The minimum Gasteiger partial charge on any atom is -0.342 e. The van der Waals surface area contributed by atoms with Gasteiger partial charge in [-0.1, -0.05) is 19.8 Å². The highest BCUT2D eigenvalue weighted by Crippen LogP contribution is 2.38. The molecule has 2 rings (SSSR count). The molecule has 1 saturated carbocycles. The van der Waals surface area contributed by atoms with Crippen LogP contribution in [0.1, 0.15) is 45.4 Å². The first-order valence-electron chi connectivity index (χ1n) is 7.60. The standard InChI is InChI=1S/C14H24N2O4S/c1-3-11-12(17)16(9-6-10-21(2,19)20)14(13(18)15-11)7-4-5-8-14/h11H,3-10H2,1-2H3,(H,15,18). The van der Waals surface area contributed by atoms with Crippen LogP contribution in [0.2, 0.25) is 0 Å². The van der Waals surface area contributed by atoms with Gasteiger partial charge in [0.2, 0.25) is 11.8 Å². The van der Waals surface area contributed by atoms with Crippen molar-refractivity contribution in [1.82, 2.24) is 10.2 Å². The molecule has 1 aliphatic carbocycles. The summed E-state index contributed by atoms with van der Waals surface area (Å²) >= 11 is 0. The van der Waals surface area contributed by atoms with E-state index >= 15 is 0 Å². The molecule has 0 radical (unpaired) electrons. The summed E-state index contributed by atoms with van der Waals surface area (Å²) in [5, 5.41) is 2.84. The van der Waals surface area contributed by atoms with Crippen LogP contribution >= 0.6 is 0 Å². The number of amides is 2. The summed E-state index contributed by atoms with van der Waals surface area (Å²) in [7, 11) is -3.05. The number of hydrogen-bond donors (Lipinski definition) is 1. The lowest BCUT2D eigenvalue weighted by Crippen LogP contribution is -2.69. The number of hydrogen-bond acceptors (Lipinski definition) is 4. The van der Waals surface area contributed by atoms with Gasteiger partial charge in [-0.05, 0) is 25.7 Å². The highest BCUT2D eigenvalue weighted by Gasteiger charge is 2.52. The smallest absolute Gasteiger partial charge is 0.246 e. The van der Waals surface area contributed by atoms with Crippen molar-refractivity contribution in [3.63, 3.8) is 0 Å². The summed E-state index contributed by atoms with van der Waals surface area (Å²) in [6.45, 7) is 2.21. The second kappa shape index (κ2) is 5.94. The van der Waals surface area contributed by atoms with Crippen molar-refractivity contribution in [2.75, 3.05) is 18.6 Å². The Morgan fingerprint density at radius 2 is 1.90 bits per heavy atom. The fourth-order valence-electron chi connectivity index (χ4n) is 3.42. The van der Waals surface area contributed by atoms with Gasteiger partial charge in [-0.25, -0.2) is 8.42 Å². The molecule has 120 valence electrons. The van der Waals surface area contributed by atoms with Crippen molar-refractivity contribution in [2.45, 2.75) is 57.0 Å². The lowest BCUT2D eigenvalue weighted by molar-refractivity contribution is -0.157. The third-order valence-corrected chi connectivity index (χ3v) is 5.57.